The van der Waals surface area contributed by atoms with Crippen molar-refractivity contribution in [2.24, 2.45) is 0 Å². The minimum atomic E-state index is -1.19. The molecule has 8 nitrogen and oxygen atoms in total. The van der Waals surface area contributed by atoms with Crippen LogP contribution in [0.4, 0.5) is 11.4 Å². The van der Waals surface area contributed by atoms with Gasteiger partial charge in [-0.2, -0.15) is 0 Å². The van der Waals surface area contributed by atoms with Crippen molar-refractivity contribution in [3.8, 4) is 0 Å². The molecule has 1 N–H and O–H groups in total. The summed E-state index contributed by atoms with van der Waals surface area (Å²) in [5.41, 5.74) is 1.15. The lowest BCUT2D eigenvalue weighted by molar-refractivity contribution is -0.149. The van der Waals surface area contributed by atoms with Gasteiger partial charge in [0.1, 0.15) is 0 Å². The minimum Gasteiger partial charge on any atom is -0.462 e. The van der Waals surface area contributed by atoms with Gasteiger partial charge in [-0.15, -0.1) is 0 Å². The molecule has 0 radical (unpaired) electrons. The molecule has 9 heteroatoms. The number of nitrogens with one attached hydrogen (secondary N) is 1. The van der Waals surface area contributed by atoms with Crippen molar-refractivity contribution in [2.45, 2.75) is 29.5 Å². The van der Waals surface area contributed by atoms with Gasteiger partial charge in [-0.3, -0.25) is 14.5 Å². The van der Waals surface area contributed by atoms with E-state index in [1.165, 1.54) is 22.7 Å². The average Bonchev–Trinajstić information content (AvgIpc) is 3.28. The molecule has 2 aliphatic heterocycles. The van der Waals surface area contributed by atoms with E-state index in [9.17, 15) is 19.2 Å². The first-order valence-electron chi connectivity index (χ1n) is 9.80. The Morgan fingerprint density at radius 1 is 1.10 bits per heavy atom. The van der Waals surface area contributed by atoms with Crippen molar-refractivity contribution in [3.63, 3.8) is 0 Å². The van der Waals surface area contributed by atoms with Crippen LogP contribution in [0.5, 0.6) is 0 Å². The van der Waals surface area contributed by atoms with E-state index in [2.05, 4.69) is 5.32 Å². The van der Waals surface area contributed by atoms with Crippen molar-refractivity contribution in [1.82, 2.24) is 0 Å². The van der Waals surface area contributed by atoms with Gasteiger partial charge < -0.3 is 14.8 Å². The summed E-state index contributed by atoms with van der Waals surface area (Å²) in [6.45, 7) is 1.35. The summed E-state index contributed by atoms with van der Waals surface area (Å²) in [4.78, 5) is 51.0. The second kappa shape index (κ2) is 8.43. The van der Waals surface area contributed by atoms with Crippen LogP contribution in [-0.2, 0) is 23.9 Å². The molecule has 1 atom stereocenters. The van der Waals surface area contributed by atoms with Crippen LogP contribution in [0.1, 0.15) is 30.1 Å². The molecular weight excluding hydrogens is 420 g/mol. The van der Waals surface area contributed by atoms with Gasteiger partial charge in [0.2, 0.25) is 5.91 Å². The number of para-hydroxylation sites is 2. The predicted molar refractivity (Wildman–Crippen MR) is 114 cm³/mol. The number of esters is 2. The second-order valence-corrected chi connectivity index (χ2v) is 8.29. The summed E-state index contributed by atoms with van der Waals surface area (Å²) in [6.07, 6.45) is 0.535. The molecule has 31 heavy (non-hydrogen) atoms. The smallest absolute Gasteiger partial charge is 0.344 e. The van der Waals surface area contributed by atoms with Crippen LogP contribution >= 0.6 is 11.8 Å². The van der Waals surface area contributed by atoms with Gasteiger partial charge in [-0.25, -0.2) is 9.59 Å². The Balaban J connectivity index is 1.44. The largest absolute Gasteiger partial charge is 0.462 e. The number of amides is 2. The summed E-state index contributed by atoms with van der Waals surface area (Å²) in [5.74, 6) is -1.96. The molecule has 0 unspecified atom stereocenters. The third-order valence-corrected chi connectivity index (χ3v) is 6.48. The summed E-state index contributed by atoms with van der Waals surface area (Å²) in [7, 11) is 0. The zero-order valence-corrected chi connectivity index (χ0v) is 17.6. The first-order chi connectivity index (χ1) is 15.0. The van der Waals surface area contributed by atoms with E-state index in [-0.39, 0.29) is 30.2 Å². The van der Waals surface area contributed by atoms with Gasteiger partial charge in [-0.05, 0) is 31.2 Å². The van der Waals surface area contributed by atoms with E-state index in [4.69, 9.17) is 9.47 Å². The molecule has 0 bridgehead atoms. The Hall–Kier alpha value is -3.33. The zero-order valence-electron chi connectivity index (χ0n) is 16.8. The number of fused-ring (bicyclic) bond motifs is 3. The molecule has 0 aromatic heterocycles. The number of hydrogen-bond donors (Lipinski definition) is 1. The lowest BCUT2D eigenvalue weighted by Gasteiger charge is -2.28. The molecule has 2 amide bonds. The molecular formula is C22H20N2O6S. The number of ether oxygens (including phenoxy) is 2. The third kappa shape index (κ3) is 3.76. The van der Waals surface area contributed by atoms with E-state index in [1.54, 1.807) is 37.3 Å². The van der Waals surface area contributed by atoms with E-state index in [1.807, 2.05) is 12.1 Å². The number of hydrogen-bond acceptors (Lipinski definition) is 7. The number of carbonyl (C=O) groups is 4. The fourth-order valence-electron chi connectivity index (χ4n) is 3.68. The van der Waals surface area contributed by atoms with E-state index >= 15 is 0 Å². The van der Waals surface area contributed by atoms with Gasteiger partial charge in [0.05, 0.1) is 23.5 Å². The first-order valence-corrected chi connectivity index (χ1v) is 10.6. The monoisotopic (exact) mass is 440 g/mol. The second-order valence-electron chi connectivity index (χ2n) is 6.97. The van der Waals surface area contributed by atoms with Gasteiger partial charge in [0, 0.05) is 17.7 Å². The van der Waals surface area contributed by atoms with Crippen LogP contribution in [0.3, 0.4) is 0 Å². The van der Waals surface area contributed by atoms with Gasteiger partial charge in [0.25, 0.3) is 5.91 Å². The maximum Gasteiger partial charge on any atom is 0.344 e. The van der Waals surface area contributed by atoms with E-state index in [0.717, 1.165) is 4.90 Å². The molecule has 1 saturated heterocycles. The van der Waals surface area contributed by atoms with Crippen molar-refractivity contribution in [1.29, 1.82) is 0 Å². The Kier molecular flexibility index (Phi) is 5.69. The van der Waals surface area contributed by atoms with Gasteiger partial charge in [-0.1, -0.05) is 36.0 Å². The molecule has 2 aromatic rings. The number of nitrogens with zero attached hydrogens (tertiary/aromatic N) is 1. The number of anilines is 2. The highest BCUT2D eigenvalue weighted by molar-refractivity contribution is 8.02. The van der Waals surface area contributed by atoms with Crippen LogP contribution in [0, 0.1) is 0 Å². The first kappa shape index (κ1) is 20.9. The normalized spacial score (nSPS) is 18.9. The number of benzene rings is 2. The van der Waals surface area contributed by atoms with Crippen LogP contribution in [0.25, 0.3) is 0 Å². The predicted octanol–water partition coefficient (Wildman–Crippen LogP) is 2.97. The van der Waals surface area contributed by atoms with Crippen LogP contribution < -0.4 is 10.2 Å². The third-order valence-electron chi connectivity index (χ3n) is 5.02. The maximum absolute atomic E-state index is 13.0. The zero-order chi connectivity index (χ0) is 22.0. The molecule has 0 spiro atoms. The van der Waals surface area contributed by atoms with Crippen LogP contribution in [0.2, 0.25) is 0 Å². The highest BCUT2D eigenvalue weighted by Gasteiger charge is 2.58. The van der Waals surface area contributed by atoms with Crippen molar-refractivity contribution in [3.05, 3.63) is 54.1 Å². The molecule has 0 aliphatic carbocycles. The van der Waals surface area contributed by atoms with Crippen molar-refractivity contribution in [2.75, 3.05) is 23.4 Å². The summed E-state index contributed by atoms with van der Waals surface area (Å²) in [6, 6.07) is 13.7. The number of carbonyl (C=O) groups excluding carboxylic acids is 4. The van der Waals surface area contributed by atoms with Gasteiger partial charge in [0.15, 0.2) is 11.5 Å². The highest BCUT2D eigenvalue weighted by atomic mass is 32.2. The molecule has 160 valence electrons. The quantitative estimate of drug-likeness (QED) is 0.689. The van der Waals surface area contributed by atoms with E-state index < -0.39 is 29.3 Å². The Morgan fingerprint density at radius 3 is 2.65 bits per heavy atom. The molecule has 2 heterocycles. The fraction of sp³-hybridized carbons (Fsp3) is 0.273. The highest BCUT2D eigenvalue weighted by Crippen LogP contribution is 2.56. The standard InChI is InChI=1S/C22H20N2O6S/c1-2-29-20(27)14-7-3-4-8-15(14)23-18(25)13-30-21(28)22-12-11-19(26)24(22)16-9-5-6-10-17(16)31-22/h3-10H,2,11-13H2,1H3,(H,23,25)/t22-/m0/s1. The Bertz CT molecular complexity index is 1070. The van der Waals surface area contributed by atoms with Crippen LogP contribution in [0.15, 0.2) is 53.4 Å². The average molecular weight is 440 g/mol. The maximum atomic E-state index is 13.0. The topological polar surface area (TPSA) is 102 Å². The summed E-state index contributed by atoms with van der Waals surface area (Å²) in [5, 5.41) is 2.57. The summed E-state index contributed by atoms with van der Waals surface area (Å²) < 4.78 is 10.3. The molecule has 2 aromatic carbocycles. The van der Waals surface area contributed by atoms with Crippen LogP contribution in [-0.4, -0.2) is 41.8 Å². The SMILES string of the molecule is CCOC(=O)c1ccccc1NC(=O)COC(=O)[C@@]12CCC(=O)N1c1ccccc1S2. The molecule has 0 saturated carbocycles. The molecule has 4 rings (SSSR count). The fourth-order valence-corrected chi connectivity index (χ4v) is 5.09. The lowest BCUT2D eigenvalue weighted by atomic mass is 10.2. The Labute approximate surface area is 182 Å². The van der Waals surface area contributed by atoms with Crippen molar-refractivity contribution >= 4 is 46.9 Å². The van der Waals surface area contributed by atoms with Crippen molar-refractivity contribution < 1.29 is 28.7 Å². The van der Waals surface area contributed by atoms with Gasteiger partial charge >= 0.3 is 11.9 Å². The minimum absolute atomic E-state index is 0.151. The number of thioether (sulfide) groups is 1. The summed E-state index contributed by atoms with van der Waals surface area (Å²) >= 11 is 1.27. The van der Waals surface area contributed by atoms with E-state index in [0.29, 0.717) is 12.1 Å². The molecule has 2 aliphatic rings. The lowest BCUT2D eigenvalue weighted by Crippen LogP contribution is -2.48. The molecule has 1 fully saturated rings. The number of rotatable bonds is 6. The Morgan fingerprint density at radius 2 is 1.84 bits per heavy atom.